The van der Waals surface area contributed by atoms with Crippen molar-refractivity contribution in [3.63, 3.8) is 0 Å². The summed E-state index contributed by atoms with van der Waals surface area (Å²) in [6.07, 6.45) is 0. The maximum absolute atomic E-state index is 12.9. The van der Waals surface area contributed by atoms with Crippen LogP contribution in [0.1, 0.15) is 32.5 Å². The molecular weight excluding hydrogens is 426 g/mol. The average molecular weight is 454 g/mol. The number of hydrogen-bond acceptors (Lipinski definition) is 7. The Morgan fingerprint density at radius 3 is 2.43 bits per heavy atom. The number of H-pyrrole nitrogens is 1. The molecule has 0 spiro atoms. The first-order valence-electron chi connectivity index (χ1n) is 9.87. The first-order chi connectivity index (χ1) is 14.3. The summed E-state index contributed by atoms with van der Waals surface area (Å²) in [6.45, 7) is 7.69. The molecule has 1 aliphatic heterocycles. The van der Waals surface area contributed by atoms with Crippen LogP contribution in [-0.4, -0.2) is 77.3 Å². The number of carbonyl (C=O) groups excluding carboxylic acids is 1. The van der Waals surface area contributed by atoms with Gasteiger partial charge in [-0.15, -0.1) is 5.10 Å². The summed E-state index contributed by atoms with van der Waals surface area (Å²) in [6, 6.07) is 6.41. The molecule has 1 aromatic heterocycles. The Kier molecular flexibility index (Phi) is 7.37. The lowest BCUT2D eigenvalue weighted by Gasteiger charge is -2.34. The maximum atomic E-state index is 12.9. The molecule has 0 aliphatic carbocycles. The van der Waals surface area contributed by atoms with E-state index in [1.54, 1.807) is 29.2 Å². The molecule has 0 bridgehead atoms. The fraction of sp³-hybridized carbons (Fsp3) is 0.526. The SMILES string of the molecule is CCOc1ccc(S(=O)(=O)N2CCN(C(=O)CSc3n[nH]c(C(C)C)n3)CC2)cc1. The first-order valence-corrected chi connectivity index (χ1v) is 12.3. The van der Waals surface area contributed by atoms with E-state index < -0.39 is 10.0 Å². The van der Waals surface area contributed by atoms with Gasteiger partial charge in [0.05, 0.1) is 17.3 Å². The van der Waals surface area contributed by atoms with E-state index >= 15 is 0 Å². The minimum absolute atomic E-state index is 0.0472. The first kappa shape index (κ1) is 22.6. The van der Waals surface area contributed by atoms with Crippen molar-refractivity contribution >= 4 is 27.7 Å². The van der Waals surface area contributed by atoms with Gasteiger partial charge in [-0.25, -0.2) is 13.4 Å². The van der Waals surface area contributed by atoms with Crippen LogP contribution < -0.4 is 4.74 Å². The van der Waals surface area contributed by atoms with Crippen LogP contribution >= 0.6 is 11.8 Å². The van der Waals surface area contributed by atoms with Crippen LogP contribution in [0.25, 0.3) is 0 Å². The summed E-state index contributed by atoms with van der Waals surface area (Å²) < 4.78 is 32.5. The van der Waals surface area contributed by atoms with Gasteiger partial charge in [0, 0.05) is 32.1 Å². The highest BCUT2D eigenvalue weighted by Gasteiger charge is 2.30. The third-order valence-electron chi connectivity index (χ3n) is 4.72. The fourth-order valence-electron chi connectivity index (χ4n) is 3.00. The third kappa shape index (κ3) is 5.32. The molecule has 9 nitrogen and oxygen atoms in total. The van der Waals surface area contributed by atoms with E-state index in [0.717, 1.165) is 5.82 Å². The second kappa shape index (κ2) is 9.80. The van der Waals surface area contributed by atoms with Crippen LogP contribution in [0, 0.1) is 0 Å². The number of piperazine rings is 1. The molecule has 1 fully saturated rings. The number of ether oxygens (including phenoxy) is 1. The molecule has 2 aromatic rings. The van der Waals surface area contributed by atoms with E-state index in [1.165, 1.54) is 16.1 Å². The summed E-state index contributed by atoms with van der Waals surface area (Å²) in [5, 5.41) is 7.52. The van der Waals surface area contributed by atoms with E-state index in [4.69, 9.17) is 4.74 Å². The number of nitrogens with zero attached hydrogens (tertiary/aromatic N) is 4. The van der Waals surface area contributed by atoms with Gasteiger partial charge in [-0.3, -0.25) is 9.89 Å². The monoisotopic (exact) mass is 453 g/mol. The molecular formula is C19H27N5O4S2. The zero-order valence-electron chi connectivity index (χ0n) is 17.4. The lowest BCUT2D eigenvalue weighted by Crippen LogP contribution is -2.50. The van der Waals surface area contributed by atoms with Gasteiger partial charge >= 0.3 is 0 Å². The number of nitrogens with one attached hydrogen (secondary N) is 1. The quantitative estimate of drug-likeness (QED) is 0.609. The van der Waals surface area contributed by atoms with Crippen molar-refractivity contribution in [2.45, 2.75) is 36.7 Å². The van der Waals surface area contributed by atoms with Crippen molar-refractivity contribution in [2.75, 3.05) is 38.5 Å². The molecule has 1 amide bonds. The Labute approximate surface area is 181 Å². The number of rotatable bonds is 8. The smallest absolute Gasteiger partial charge is 0.243 e. The predicted octanol–water partition coefficient (Wildman–Crippen LogP) is 1.95. The lowest BCUT2D eigenvalue weighted by molar-refractivity contribution is -0.129. The van der Waals surface area contributed by atoms with Gasteiger partial charge in [0.1, 0.15) is 11.6 Å². The Balaban J connectivity index is 1.52. The average Bonchev–Trinajstić information content (AvgIpc) is 3.22. The number of thioether (sulfide) groups is 1. The van der Waals surface area contributed by atoms with Crippen molar-refractivity contribution in [2.24, 2.45) is 0 Å². The van der Waals surface area contributed by atoms with Crippen LogP contribution in [0.4, 0.5) is 0 Å². The third-order valence-corrected chi connectivity index (χ3v) is 7.46. The summed E-state index contributed by atoms with van der Waals surface area (Å²) in [5.41, 5.74) is 0. The molecule has 0 atom stereocenters. The van der Waals surface area contributed by atoms with E-state index in [-0.39, 0.29) is 35.6 Å². The Bertz CT molecular complexity index is 952. The fourth-order valence-corrected chi connectivity index (χ4v) is 5.13. The van der Waals surface area contributed by atoms with E-state index in [2.05, 4.69) is 15.2 Å². The van der Waals surface area contributed by atoms with E-state index in [9.17, 15) is 13.2 Å². The zero-order chi connectivity index (χ0) is 21.7. The second-order valence-electron chi connectivity index (χ2n) is 7.14. The van der Waals surface area contributed by atoms with Gasteiger partial charge in [-0.1, -0.05) is 25.6 Å². The topological polar surface area (TPSA) is 108 Å². The highest BCUT2D eigenvalue weighted by atomic mass is 32.2. The minimum Gasteiger partial charge on any atom is -0.494 e. The molecule has 1 aromatic carbocycles. The van der Waals surface area contributed by atoms with Gasteiger partial charge in [-0.2, -0.15) is 4.31 Å². The van der Waals surface area contributed by atoms with Crippen LogP contribution in [0.3, 0.4) is 0 Å². The molecule has 0 unspecified atom stereocenters. The highest BCUT2D eigenvalue weighted by Crippen LogP contribution is 2.22. The van der Waals surface area contributed by atoms with Crippen molar-refractivity contribution in [1.29, 1.82) is 0 Å². The van der Waals surface area contributed by atoms with Gasteiger partial charge in [0.2, 0.25) is 21.1 Å². The van der Waals surface area contributed by atoms with Crippen molar-refractivity contribution < 1.29 is 17.9 Å². The van der Waals surface area contributed by atoms with Gasteiger partial charge in [-0.05, 0) is 31.2 Å². The van der Waals surface area contributed by atoms with E-state index in [1.807, 2.05) is 20.8 Å². The van der Waals surface area contributed by atoms with Crippen LogP contribution in [-0.2, 0) is 14.8 Å². The molecule has 1 saturated heterocycles. The predicted molar refractivity (Wildman–Crippen MR) is 114 cm³/mol. The molecule has 2 heterocycles. The lowest BCUT2D eigenvalue weighted by atomic mass is 10.2. The Morgan fingerprint density at radius 2 is 1.87 bits per heavy atom. The standard InChI is InChI=1S/C19H27N5O4S2/c1-4-28-15-5-7-16(8-6-15)30(26,27)24-11-9-23(10-12-24)17(25)13-29-19-20-18(14(2)3)21-22-19/h5-8,14H,4,9-13H2,1-3H3,(H,20,21,22). The summed E-state index contributed by atoms with van der Waals surface area (Å²) in [4.78, 5) is 18.8. The second-order valence-corrected chi connectivity index (χ2v) is 10.0. The largest absolute Gasteiger partial charge is 0.494 e. The normalized spacial score (nSPS) is 15.5. The number of sulfonamides is 1. The van der Waals surface area contributed by atoms with Gasteiger partial charge in [0.15, 0.2) is 0 Å². The van der Waals surface area contributed by atoms with Gasteiger partial charge in [0.25, 0.3) is 0 Å². The molecule has 11 heteroatoms. The van der Waals surface area contributed by atoms with Crippen LogP contribution in [0.5, 0.6) is 5.75 Å². The maximum Gasteiger partial charge on any atom is 0.243 e. The number of carbonyl (C=O) groups is 1. The van der Waals surface area contributed by atoms with Crippen molar-refractivity contribution in [3.05, 3.63) is 30.1 Å². The van der Waals surface area contributed by atoms with E-state index in [0.29, 0.717) is 30.6 Å². The van der Waals surface area contributed by atoms with Crippen LogP contribution in [0.2, 0.25) is 0 Å². The Hall–Kier alpha value is -2.11. The molecule has 0 radical (unpaired) electrons. The molecule has 3 rings (SSSR count). The highest BCUT2D eigenvalue weighted by molar-refractivity contribution is 7.99. The summed E-state index contributed by atoms with van der Waals surface area (Å²) >= 11 is 1.28. The number of hydrogen-bond donors (Lipinski definition) is 1. The summed E-state index contributed by atoms with van der Waals surface area (Å²) in [7, 11) is -3.59. The molecule has 1 N–H and O–H groups in total. The van der Waals surface area contributed by atoms with Crippen molar-refractivity contribution in [3.8, 4) is 5.75 Å². The Morgan fingerprint density at radius 1 is 1.20 bits per heavy atom. The number of amides is 1. The summed E-state index contributed by atoms with van der Waals surface area (Å²) in [5.74, 6) is 1.84. The number of aromatic nitrogens is 3. The van der Waals surface area contributed by atoms with Crippen molar-refractivity contribution in [1.82, 2.24) is 24.4 Å². The molecule has 30 heavy (non-hydrogen) atoms. The minimum atomic E-state index is -3.59. The molecule has 164 valence electrons. The molecule has 1 aliphatic rings. The number of aromatic amines is 1. The number of benzene rings is 1. The van der Waals surface area contributed by atoms with Crippen LogP contribution in [0.15, 0.2) is 34.3 Å². The van der Waals surface area contributed by atoms with Gasteiger partial charge < -0.3 is 9.64 Å². The molecule has 0 saturated carbocycles. The zero-order valence-corrected chi connectivity index (χ0v) is 19.0.